The summed E-state index contributed by atoms with van der Waals surface area (Å²) < 4.78 is 14.8. The number of hydrogen-bond donors (Lipinski definition) is 2. The molecule has 1 aliphatic carbocycles. The first kappa shape index (κ1) is 24.5. The van der Waals surface area contributed by atoms with Crippen LogP contribution in [-0.4, -0.2) is 20.8 Å². The zero-order valence-corrected chi connectivity index (χ0v) is 20.2. The lowest BCUT2D eigenvalue weighted by Gasteiger charge is -2.30. The summed E-state index contributed by atoms with van der Waals surface area (Å²) in [4.78, 5) is 25.2. The van der Waals surface area contributed by atoms with Crippen LogP contribution >= 0.6 is 34.8 Å². The predicted octanol–water partition coefficient (Wildman–Crippen LogP) is 5.49. The first-order valence-corrected chi connectivity index (χ1v) is 11.8. The van der Waals surface area contributed by atoms with Gasteiger partial charge in [-0.1, -0.05) is 59.8 Å². The summed E-state index contributed by atoms with van der Waals surface area (Å²) in [7, 11) is 0. The summed E-state index contributed by atoms with van der Waals surface area (Å²) in [6.45, 7) is 0.343. The van der Waals surface area contributed by atoms with Gasteiger partial charge in [-0.3, -0.25) is 14.3 Å². The van der Waals surface area contributed by atoms with Gasteiger partial charge in [0, 0.05) is 12.0 Å². The Hall–Kier alpha value is -2.61. The molecule has 6 nitrogen and oxygen atoms in total. The molecule has 0 saturated heterocycles. The third-order valence-corrected chi connectivity index (χ3v) is 7.19. The fourth-order valence-electron chi connectivity index (χ4n) is 4.39. The van der Waals surface area contributed by atoms with Gasteiger partial charge in [-0.05, 0) is 48.2 Å². The minimum atomic E-state index is -0.874. The van der Waals surface area contributed by atoms with E-state index < -0.39 is 28.6 Å². The summed E-state index contributed by atoms with van der Waals surface area (Å²) in [5, 5.41) is 17.9. The summed E-state index contributed by atoms with van der Waals surface area (Å²) in [6, 6.07) is 9.54. The lowest BCUT2D eigenvalue weighted by atomic mass is 9.79. The number of amides is 1. The standard InChI is InChI=1S/C24H21Cl3FN3O3/c25-16-5-4-15(10-17(16)26)24(7-1-2-8-24)13-31-12-20(32)22(33)21(30-31)23(34)29-11-14-3-6-19(28)18(27)9-14/h3-6,9-10,12,32H,1-2,7-8,11,13H2,(H,29,34). The van der Waals surface area contributed by atoms with Crippen LogP contribution in [0.15, 0.2) is 47.4 Å². The molecule has 0 unspecified atom stereocenters. The maximum absolute atomic E-state index is 13.4. The number of carbonyl (C=O) groups is 1. The van der Waals surface area contributed by atoms with Crippen molar-refractivity contribution >= 4 is 40.7 Å². The van der Waals surface area contributed by atoms with Crippen molar-refractivity contribution in [2.45, 2.75) is 44.2 Å². The average molecular weight is 525 g/mol. The highest BCUT2D eigenvalue weighted by molar-refractivity contribution is 6.42. The molecule has 1 amide bonds. The molecule has 178 valence electrons. The van der Waals surface area contributed by atoms with Crippen LogP contribution in [0.3, 0.4) is 0 Å². The highest BCUT2D eigenvalue weighted by Gasteiger charge is 2.37. The van der Waals surface area contributed by atoms with Crippen molar-refractivity contribution in [1.29, 1.82) is 0 Å². The van der Waals surface area contributed by atoms with Gasteiger partial charge in [0.25, 0.3) is 11.3 Å². The van der Waals surface area contributed by atoms with Gasteiger partial charge in [0.15, 0.2) is 11.4 Å². The van der Waals surface area contributed by atoms with Crippen LogP contribution in [0, 0.1) is 5.82 Å². The molecule has 0 radical (unpaired) electrons. The molecule has 1 heterocycles. The van der Waals surface area contributed by atoms with E-state index >= 15 is 0 Å². The van der Waals surface area contributed by atoms with Crippen molar-refractivity contribution in [2.75, 3.05) is 0 Å². The van der Waals surface area contributed by atoms with E-state index in [0.29, 0.717) is 22.2 Å². The van der Waals surface area contributed by atoms with Gasteiger partial charge in [0.2, 0.25) is 0 Å². The van der Waals surface area contributed by atoms with Crippen molar-refractivity contribution in [3.8, 4) is 5.75 Å². The first-order valence-electron chi connectivity index (χ1n) is 10.7. The second-order valence-corrected chi connectivity index (χ2v) is 9.66. The van der Waals surface area contributed by atoms with Crippen molar-refractivity contribution in [3.05, 3.63) is 90.5 Å². The van der Waals surface area contributed by atoms with Crippen LogP contribution < -0.4 is 10.7 Å². The lowest BCUT2D eigenvalue weighted by molar-refractivity contribution is 0.0940. The lowest BCUT2D eigenvalue weighted by Crippen LogP contribution is -2.34. The Bertz CT molecular complexity index is 1310. The van der Waals surface area contributed by atoms with Gasteiger partial charge in [-0.25, -0.2) is 4.39 Å². The topological polar surface area (TPSA) is 84.2 Å². The van der Waals surface area contributed by atoms with Crippen molar-refractivity contribution in [1.82, 2.24) is 15.1 Å². The van der Waals surface area contributed by atoms with Gasteiger partial charge >= 0.3 is 0 Å². The number of hydrogen-bond acceptors (Lipinski definition) is 4. The SMILES string of the molecule is O=C(NCc1ccc(F)c(Cl)c1)c1nn(CC2(c3ccc(Cl)c(Cl)c3)CCCC2)cc(O)c1=O. The highest BCUT2D eigenvalue weighted by Crippen LogP contribution is 2.43. The van der Waals surface area contributed by atoms with Crippen molar-refractivity contribution in [3.63, 3.8) is 0 Å². The smallest absolute Gasteiger partial charge is 0.276 e. The number of nitrogens with zero attached hydrogens (tertiary/aromatic N) is 2. The number of rotatable bonds is 6. The average Bonchev–Trinajstić information content (AvgIpc) is 3.28. The number of halogens is 4. The molecule has 1 aliphatic rings. The summed E-state index contributed by atoms with van der Waals surface area (Å²) in [6.07, 6.45) is 4.94. The van der Waals surface area contributed by atoms with Gasteiger partial charge in [0.1, 0.15) is 5.82 Å². The molecule has 2 aromatic carbocycles. The Morgan fingerprint density at radius 1 is 1.09 bits per heavy atom. The van der Waals surface area contributed by atoms with Crippen LogP contribution in [0.5, 0.6) is 5.75 Å². The second-order valence-electron chi connectivity index (χ2n) is 8.44. The van der Waals surface area contributed by atoms with E-state index in [0.717, 1.165) is 31.2 Å². The van der Waals surface area contributed by atoms with E-state index in [9.17, 15) is 19.1 Å². The Kier molecular flexibility index (Phi) is 7.17. The fraction of sp³-hybridized carbons (Fsp3) is 0.292. The van der Waals surface area contributed by atoms with E-state index in [-0.39, 0.29) is 17.0 Å². The van der Waals surface area contributed by atoms with Gasteiger partial charge in [-0.2, -0.15) is 5.10 Å². The Morgan fingerprint density at radius 3 is 2.50 bits per heavy atom. The zero-order chi connectivity index (χ0) is 24.5. The van der Waals surface area contributed by atoms with Crippen LogP contribution in [0.1, 0.15) is 47.3 Å². The first-order chi connectivity index (χ1) is 16.2. The summed E-state index contributed by atoms with van der Waals surface area (Å²) in [5.41, 5.74) is -0.110. The van der Waals surface area contributed by atoms with E-state index in [1.165, 1.54) is 29.1 Å². The van der Waals surface area contributed by atoms with Crippen LogP contribution in [-0.2, 0) is 18.5 Å². The van der Waals surface area contributed by atoms with Gasteiger partial charge in [-0.15, -0.1) is 0 Å². The maximum Gasteiger partial charge on any atom is 0.276 e. The highest BCUT2D eigenvalue weighted by atomic mass is 35.5. The molecule has 2 N–H and O–H groups in total. The molecule has 0 spiro atoms. The van der Waals surface area contributed by atoms with E-state index in [2.05, 4.69) is 10.4 Å². The van der Waals surface area contributed by atoms with Gasteiger partial charge in [0.05, 0.1) is 27.8 Å². The Morgan fingerprint density at radius 2 is 1.82 bits per heavy atom. The maximum atomic E-state index is 13.4. The Labute approximate surface area is 210 Å². The molecule has 1 saturated carbocycles. The molecular formula is C24H21Cl3FN3O3. The van der Waals surface area contributed by atoms with E-state index in [1.807, 2.05) is 12.1 Å². The normalized spacial score (nSPS) is 14.8. The summed E-state index contributed by atoms with van der Waals surface area (Å²) in [5.74, 6) is -1.91. The molecule has 0 atom stereocenters. The number of benzene rings is 2. The predicted molar refractivity (Wildman–Crippen MR) is 129 cm³/mol. The number of aromatic hydroxyl groups is 1. The monoisotopic (exact) mass is 523 g/mol. The molecule has 34 heavy (non-hydrogen) atoms. The quantitative estimate of drug-likeness (QED) is 0.447. The third kappa shape index (κ3) is 5.06. The number of carbonyl (C=O) groups excluding carboxylic acids is 1. The second kappa shape index (κ2) is 9.94. The molecule has 1 aromatic heterocycles. The Balaban J connectivity index is 1.60. The molecule has 4 rings (SSSR count). The largest absolute Gasteiger partial charge is 0.503 e. The van der Waals surface area contributed by atoms with Crippen LogP contribution in [0.4, 0.5) is 4.39 Å². The van der Waals surface area contributed by atoms with Crippen molar-refractivity contribution in [2.24, 2.45) is 0 Å². The van der Waals surface area contributed by atoms with E-state index in [1.54, 1.807) is 6.07 Å². The minimum Gasteiger partial charge on any atom is -0.503 e. The van der Waals surface area contributed by atoms with Gasteiger partial charge < -0.3 is 10.4 Å². The number of nitrogens with one attached hydrogen (secondary N) is 1. The van der Waals surface area contributed by atoms with E-state index in [4.69, 9.17) is 34.8 Å². The molecule has 0 aliphatic heterocycles. The van der Waals surface area contributed by atoms with Crippen LogP contribution in [0.25, 0.3) is 0 Å². The fourth-order valence-corrected chi connectivity index (χ4v) is 4.90. The minimum absolute atomic E-state index is 0.00280. The van der Waals surface area contributed by atoms with Crippen molar-refractivity contribution < 1.29 is 14.3 Å². The van der Waals surface area contributed by atoms with Crippen LogP contribution in [0.2, 0.25) is 15.1 Å². The molecule has 1 fully saturated rings. The summed E-state index contributed by atoms with van der Waals surface area (Å²) >= 11 is 18.1. The third-order valence-electron chi connectivity index (χ3n) is 6.16. The molecule has 10 heteroatoms. The number of aromatic nitrogens is 2. The molecular weight excluding hydrogens is 504 g/mol. The molecule has 0 bridgehead atoms. The zero-order valence-electron chi connectivity index (χ0n) is 18.0. The molecule has 3 aromatic rings.